The van der Waals surface area contributed by atoms with Crippen molar-refractivity contribution < 1.29 is 14.6 Å². The normalized spacial score (nSPS) is 55.6. The zero-order valence-electron chi connectivity index (χ0n) is 14.9. The highest BCUT2D eigenvalue weighted by Gasteiger charge is 2.63. The van der Waals surface area contributed by atoms with Crippen molar-refractivity contribution in [2.75, 3.05) is 6.61 Å². The van der Waals surface area contributed by atoms with Gasteiger partial charge in [0.25, 0.3) is 0 Å². The van der Waals surface area contributed by atoms with Gasteiger partial charge in [0.1, 0.15) is 0 Å². The first-order valence-electron chi connectivity index (χ1n) is 9.66. The number of hydrogen-bond acceptors (Lipinski definition) is 2. The van der Waals surface area contributed by atoms with Crippen LogP contribution in [0.15, 0.2) is 0 Å². The van der Waals surface area contributed by atoms with Gasteiger partial charge < -0.3 is 9.84 Å². The summed E-state index contributed by atoms with van der Waals surface area (Å²) in [4.78, 5) is 12.0. The molecule has 1 unspecified atom stereocenters. The van der Waals surface area contributed by atoms with Gasteiger partial charge in [-0.3, -0.25) is 4.79 Å². The van der Waals surface area contributed by atoms with Crippen molar-refractivity contribution >= 4 is 5.97 Å². The topological polar surface area (TPSA) is 46.5 Å². The van der Waals surface area contributed by atoms with E-state index in [-0.39, 0.29) is 5.41 Å². The Kier molecular flexibility index (Phi) is 3.44. The maximum atomic E-state index is 12.0. The molecule has 0 bridgehead atoms. The van der Waals surface area contributed by atoms with Crippen molar-refractivity contribution in [3.63, 3.8) is 0 Å². The molecule has 3 aliphatic carbocycles. The van der Waals surface area contributed by atoms with Gasteiger partial charge in [-0.1, -0.05) is 20.3 Å². The maximum Gasteiger partial charge on any atom is 0.309 e. The lowest BCUT2D eigenvalue weighted by Gasteiger charge is -2.62. The third-order valence-electron chi connectivity index (χ3n) is 8.69. The van der Waals surface area contributed by atoms with E-state index in [9.17, 15) is 9.90 Å². The van der Waals surface area contributed by atoms with Gasteiger partial charge in [0.15, 0.2) is 0 Å². The van der Waals surface area contributed by atoms with Crippen molar-refractivity contribution in [1.82, 2.24) is 0 Å². The molecule has 7 atom stereocenters. The fourth-order valence-corrected chi connectivity index (χ4v) is 7.37. The van der Waals surface area contributed by atoms with Crippen LogP contribution in [-0.4, -0.2) is 23.8 Å². The first kappa shape index (κ1) is 15.9. The average Bonchev–Trinajstić information content (AvgIpc) is 2.88. The third-order valence-corrected chi connectivity index (χ3v) is 8.69. The van der Waals surface area contributed by atoms with Gasteiger partial charge in [-0.15, -0.1) is 0 Å². The Hall–Kier alpha value is -0.570. The number of carboxylic acid groups (broad SMARTS) is 1. The molecule has 3 nitrogen and oxygen atoms in total. The number of carbonyl (C=O) groups is 1. The second-order valence-corrected chi connectivity index (χ2v) is 9.72. The highest BCUT2D eigenvalue weighted by molar-refractivity contribution is 5.75. The standard InChI is InChI=1S/C20H32O3/c1-18-10-7-14-13(16(18)23-12-11-18)5-6-15-19(14,2)8-4-9-20(15,3)17(21)22/h13-16H,4-12H2,1-3H3,(H,21,22)/t13-,14-,15?,16+,18+,19+,20+/m0/s1. The Labute approximate surface area is 140 Å². The highest BCUT2D eigenvalue weighted by atomic mass is 16.5. The molecule has 130 valence electrons. The molecular formula is C20H32O3. The summed E-state index contributed by atoms with van der Waals surface area (Å²) in [7, 11) is 0. The van der Waals surface area contributed by atoms with Gasteiger partial charge in [0, 0.05) is 6.61 Å². The van der Waals surface area contributed by atoms with Crippen molar-refractivity contribution in [3.05, 3.63) is 0 Å². The monoisotopic (exact) mass is 320 g/mol. The molecule has 4 fully saturated rings. The summed E-state index contributed by atoms with van der Waals surface area (Å²) in [6.45, 7) is 7.80. The molecule has 0 aromatic heterocycles. The predicted octanol–water partition coefficient (Wildman–Crippen LogP) is 4.50. The molecule has 4 rings (SSSR count). The number of carboxylic acids is 1. The van der Waals surface area contributed by atoms with Crippen LogP contribution in [0.1, 0.15) is 72.1 Å². The molecule has 3 saturated carbocycles. The first-order valence-corrected chi connectivity index (χ1v) is 9.66. The molecule has 1 saturated heterocycles. The van der Waals surface area contributed by atoms with E-state index in [4.69, 9.17) is 4.74 Å². The van der Waals surface area contributed by atoms with Crippen LogP contribution in [0.4, 0.5) is 0 Å². The number of fused-ring (bicyclic) bond motifs is 5. The number of aliphatic carboxylic acids is 1. The van der Waals surface area contributed by atoms with Gasteiger partial charge in [-0.25, -0.2) is 0 Å². The minimum atomic E-state index is -0.565. The van der Waals surface area contributed by atoms with Gasteiger partial charge in [0.05, 0.1) is 11.5 Å². The Morgan fingerprint density at radius 1 is 1.04 bits per heavy atom. The van der Waals surface area contributed by atoms with E-state index >= 15 is 0 Å². The summed E-state index contributed by atoms with van der Waals surface area (Å²) in [6.07, 6.45) is 9.59. The van der Waals surface area contributed by atoms with Crippen LogP contribution in [0.5, 0.6) is 0 Å². The van der Waals surface area contributed by atoms with Crippen LogP contribution in [0.25, 0.3) is 0 Å². The van der Waals surface area contributed by atoms with Crippen LogP contribution in [0.3, 0.4) is 0 Å². The minimum absolute atomic E-state index is 0.196. The Morgan fingerprint density at radius 3 is 2.57 bits per heavy atom. The fourth-order valence-electron chi connectivity index (χ4n) is 7.37. The summed E-state index contributed by atoms with van der Waals surface area (Å²) in [5, 5.41) is 9.91. The molecule has 1 aliphatic heterocycles. The largest absolute Gasteiger partial charge is 0.481 e. The van der Waals surface area contributed by atoms with Crippen molar-refractivity contribution in [2.24, 2.45) is 34.0 Å². The number of rotatable bonds is 1. The molecule has 3 heteroatoms. The first-order chi connectivity index (χ1) is 10.8. The zero-order valence-corrected chi connectivity index (χ0v) is 14.9. The Morgan fingerprint density at radius 2 is 1.83 bits per heavy atom. The van der Waals surface area contributed by atoms with Crippen LogP contribution < -0.4 is 0 Å². The third kappa shape index (κ3) is 2.01. The summed E-state index contributed by atoms with van der Waals surface area (Å²) >= 11 is 0. The van der Waals surface area contributed by atoms with E-state index in [1.165, 1.54) is 32.1 Å². The molecule has 1 heterocycles. The quantitative estimate of drug-likeness (QED) is 0.774. The van der Waals surface area contributed by atoms with Gasteiger partial charge in [-0.2, -0.15) is 0 Å². The minimum Gasteiger partial charge on any atom is -0.481 e. The van der Waals surface area contributed by atoms with Crippen LogP contribution >= 0.6 is 0 Å². The van der Waals surface area contributed by atoms with Crippen LogP contribution in [-0.2, 0) is 9.53 Å². The lowest BCUT2D eigenvalue weighted by molar-refractivity contribution is -0.184. The molecule has 4 aliphatic rings. The molecule has 0 amide bonds. The molecular weight excluding hydrogens is 288 g/mol. The smallest absolute Gasteiger partial charge is 0.309 e. The molecule has 0 aromatic carbocycles. The van der Waals surface area contributed by atoms with Crippen LogP contribution in [0, 0.1) is 34.0 Å². The average molecular weight is 320 g/mol. The van der Waals surface area contributed by atoms with E-state index < -0.39 is 11.4 Å². The SMILES string of the molecule is C[C@@]12CCO[C@@H]1[C@H]1CCC3[C@](C)(C(=O)O)CCC[C@]3(C)[C@H]1CC2. The zero-order chi connectivity index (χ0) is 16.5. The Bertz CT molecular complexity index is 517. The molecule has 1 N–H and O–H groups in total. The van der Waals surface area contributed by atoms with E-state index in [1.54, 1.807) is 0 Å². The molecule has 0 spiro atoms. The summed E-state index contributed by atoms with van der Waals surface area (Å²) in [5.41, 5.74) is 0.0615. The van der Waals surface area contributed by atoms with Gasteiger partial charge in [-0.05, 0) is 80.5 Å². The number of hydrogen-bond donors (Lipinski definition) is 1. The summed E-state index contributed by atoms with van der Waals surface area (Å²) in [6, 6.07) is 0. The predicted molar refractivity (Wildman–Crippen MR) is 89.1 cm³/mol. The summed E-state index contributed by atoms with van der Waals surface area (Å²) < 4.78 is 6.24. The van der Waals surface area contributed by atoms with E-state index in [1.807, 2.05) is 6.92 Å². The van der Waals surface area contributed by atoms with E-state index in [0.717, 1.165) is 25.9 Å². The van der Waals surface area contributed by atoms with E-state index in [0.29, 0.717) is 29.3 Å². The lowest BCUT2D eigenvalue weighted by Crippen LogP contribution is -2.59. The molecule has 23 heavy (non-hydrogen) atoms. The molecule has 0 radical (unpaired) electrons. The fraction of sp³-hybridized carbons (Fsp3) is 0.950. The Balaban J connectivity index is 1.68. The van der Waals surface area contributed by atoms with Crippen LogP contribution in [0.2, 0.25) is 0 Å². The van der Waals surface area contributed by atoms with Gasteiger partial charge >= 0.3 is 5.97 Å². The lowest BCUT2D eigenvalue weighted by atomic mass is 9.42. The van der Waals surface area contributed by atoms with Crippen molar-refractivity contribution in [1.29, 1.82) is 0 Å². The van der Waals surface area contributed by atoms with Crippen molar-refractivity contribution in [3.8, 4) is 0 Å². The van der Waals surface area contributed by atoms with Crippen molar-refractivity contribution in [2.45, 2.75) is 78.2 Å². The maximum absolute atomic E-state index is 12.0. The molecule has 0 aromatic rings. The number of ether oxygens (including phenoxy) is 1. The van der Waals surface area contributed by atoms with Gasteiger partial charge in [0.2, 0.25) is 0 Å². The second-order valence-electron chi connectivity index (χ2n) is 9.72. The summed E-state index contributed by atoms with van der Waals surface area (Å²) in [5.74, 6) is 1.10. The highest BCUT2D eigenvalue weighted by Crippen LogP contribution is 2.66. The second kappa shape index (κ2) is 4.97. The van der Waals surface area contributed by atoms with E-state index in [2.05, 4.69) is 13.8 Å².